The first kappa shape index (κ1) is 14.4. The van der Waals surface area contributed by atoms with Crippen molar-refractivity contribution >= 4 is 32.6 Å². The van der Waals surface area contributed by atoms with Crippen LogP contribution in [-0.4, -0.2) is 22.4 Å². The number of aromatic nitrogens is 2. The zero-order valence-corrected chi connectivity index (χ0v) is 13.6. The number of hydrogen-bond donors (Lipinski definition) is 1. The number of nitrogens with one attached hydrogen (secondary N) is 1. The van der Waals surface area contributed by atoms with E-state index in [0.29, 0.717) is 28.9 Å². The molecule has 2 aromatic heterocycles. The van der Waals surface area contributed by atoms with E-state index in [-0.39, 0.29) is 17.5 Å². The molecule has 0 fully saturated rings. The lowest BCUT2D eigenvalue weighted by Gasteiger charge is -2.24. The predicted octanol–water partition coefficient (Wildman–Crippen LogP) is 3.90. The van der Waals surface area contributed by atoms with Crippen LogP contribution in [0.5, 0.6) is 5.75 Å². The van der Waals surface area contributed by atoms with Crippen molar-refractivity contribution in [3.05, 3.63) is 58.2 Å². The van der Waals surface area contributed by atoms with Crippen LogP contribution in [0.4, 0.5) is 4.39 Å². The average Bonchev–Trinajstić information content (AvgIpc) is 2.96. The third-order valence-corrected chi connectivity index (χ3v) is 4.53. The van der Waals surface area contributed by atoms with Crippen molar-refractivity contribution in [2.45, 2.75) is 6.42 Å². The lowest BCUT2D eigenvalue weighted by atomic mass is 9.90. The minimum absolute atomic E-state index is 0.0183. The molecular weight excluding hydrogens is 363 g/mol. The molecule has 6 heteroatoms. The van der Waals surface area contributed by atoms with E-state index < -0.39 is 0 Å². The standard InChI is InChI=1S/C17H12BrFN2O2/c18-16-5-14-12(6-21-16)13(7-20-14)17(22)10-3-9-4-11(19)1-2-15(9)23-8-10/h1-2,4-7,10,20H,3,8H2. The van der Waals surface area contributed by atoms with Gasteiger partial charge in [0.2, 0.25) is 0 Å². The Morgan fingerprint density at radius 3 is 3.13 bits per heavy atom. The zero-order chi connectivity index (χ0) is 16.0. The molecule has 0 saturated heterocycles. The van der Waals surface area contributed by atoms with E-state index in [1.165, 1.54) is 12.1 Å². The quantitative estimate of drug-likeness (QED) is 0.546. The summed E-state index contributed by atoms with van der Waals surface area (Å²) in [6.45, 7) is 0.300. The van der Waals surface area contributed by atoms with E-state index in [4.69, 9.17) is 4.74 Å². The number of ketones is 1. The molecule has 1 aliphatic rings. The molecule has 0 bridgehead atoms. The van der Waals surface area contributed by atoms with Gasteiger partial charge in [0, 0.05) is 23.3 Å². The Hall–Kier alpha value is -2.21. The predicted molar refractivity (Wildman–Crippen MR) is 87.2 cm³/mol. The number of carbonyl (C=O) groups is 1. The summed E-state index contributed by atoms with van der Waals surface area (Å²) < 4.78 is 19.7. The third-order valence-electron chi connectivity index (χ3n) is 4.10. The Kier molecular flexibility index (Phi) is 3.41. The van der Waals surface area contributed by atoms with Crippen LogP contribution < -0.4 is 4.74 Å². The topological polar surface area (TPSA) is 55.0 Å². The highest BCUT2D eigenvalue weighted by Crippen LogP contribution is 2.31. The second-order valence-corrected chi connectivity index (χ2v) is 6.40. The van der Waals surface area contributed by atoms with Gasteiger partial charge in [0.05, 0.1) is 18.0 Å². The van der Waals surface area contributed by atoms with E-state index in [0.717, 1.165) is 16.5 Å². The molecule has 3 heterocycles. The average molecular weight is 375 g/mol. The summed E-state index contributed by atoms with van der Waals surface area (Å²) in [7, 11) is 0. The van der Waals surface area contributed by atoms with Gasteiger partial charge in [0.25, 0.3) is 0 Å². The molecule has 4 rings (SSSR count). The number of fused-ring (bicyclic) bond motifs is 2. The minimum atomic E-state index is -0.327. The molecule has 1 N–H and O–H groups in total. The van der Waals surface area contributed by atoms with Crippen LogP contribution >= 0.6 is 15.9 Å². The van der Waals surface area contributed by atoms with Gasteiger partial charge in [-0.15, -0.1) is 0 Å². The molecule has 1 aromatic carbocycles. The summed E-state index contributed by atoms with van der Waals surface area (Å²) >= 11 is 3.31. The minimum Gasteiger partial charge on any atom is -0.493 e. The molecule has 0 saturated carbocycles. The normalized spacial score (nSPS) is 16.9. The van der Waals surface area contributed by atoms with Crippen molar-refractivity contribution in [2.24, 2.45) is 5.92 Å². The van der Waals surface area contributed by atoms with Gasteiger partial charge in [-0.1, -0.05) is 0 Å². The molecule has 1 aliphatic heterocycles. The number of nitrogens with zero attached hydrogens (tertiary/aromatic N) is 1. The second kappa shape index (κ2) is 5.45. The van der Waals surface area contributed by atoms with Crippen LogP contribution in [0, 0.1) is 11.7 Å². The molecule has 4 nitrogen and oxygen atoms in total. The largest absolute Gasteiger partial charge is 0.493 e. The second-order valence-electron chi connectivity index (χ2n) is 5.58. The van der Waals surface area contributed by atoms with Crippen molar-refractivity contribution in [3.63, 3.8) is 0 Å². The van der Waals surface area contributed by atoms with E-state index in [1.807, 2.05) is 6.07 Å². The monoisotopic (exact) mass is 374 g/mol. The number of pyridine rings is 1. The van der Waals surface area contributed by atoms with Crippen LogP contribution in [0.2, 0.25) is 0 Å². The fourth-order valence-corrected chi connectivity index (χ4v) is 3.28. The third kappa shape index (κ3) is 2.53. The van der Waals surface area contributed by atoms with Crippen LogP contribution in [0.1, 0.15) is 15.9 Å². The van der Waals surface area contributed by atoms with Crippen molar-refractivity contribution in [3.8, 4) is 5.75 Å². The molecule has 1 atom stereocenters. The Morgan fingerprint density at radius 1 is 1.39 bits per heavy atom. The zero-order valence-electron chi connectivity index (χ0n) is 12.0. The summed E-state index contributed by atoms with van der Waals surface area (Å²) in [6, 6.07) is 6.24. The summed E-state index contributed by atoms with van der Waals surface area (Å²) in [5, 5.41) is 0.781. The summed E-state index contributed by atoms with van der Waals surface area (Å²) in [4.78, 5) is 20.1. The smallest absolute Gasteiger partial charge is 0.171 e. The molecular formula is C17H12BrFN2O2. The van der Waals surface area contributed by atoms with Crippen LogP contribution in [-0.2, 0) is 6.42 Å². The molecule has 23 heavy (non-hydrogen) atoms. The molecule has 116 valence electrons. The van der Waals surface area contributed by atoms with Gasteiger partial charge in [-0.25, -0.2) is 9.37 Å². The number of hydrogen-bond acceptors (Lipinski definition) is 3. The first-order chi connectivity index (χ1) is 11.1. The van der Waals surface area contributed by atoms with Crippen molar-refractivity contribution in [2.75, 3.05) is 6.61 Å². The fraction of sp³-hybridized carbons (Fsp3) is 0.176. The summed E-state index contributed by atoms with van der Waals surface area (Å²) in [5.74, 6) is -0.0104. The number of benzene rings is 1. The molecule has 0 spiro atoms. The Bertz CT molecular complexity index is 922. The number of ether oxygens (including phenoxy) is 1. The molecule has 0 radical (unpaired) electrons. The van der Waals surface area contributed by atoms with Crippen molar-refractivity contribution in [1.29, 1.82) is 0 Å². The highest BCUT2D eigenvalue weighted by molar-refractivity contribution is 9.10. The van der Waals surface area contributed by atoms with E-state index >= 15 is 0 Å². The van der Waals surface area contributed by atoms with Crippen molar-refractivity contribution in [1.82, 2.24) is 9.97 Å². The maximum atomic E-state index is 13.4. The number of Topliss-reactive ketones (excluding diaryl/α,β-unsaturated/α-hetero) is 1. The first-order valence-electron chi connectivity index (χ1n) is 7.20. The summed E-state index contributed by atoms with van der Waals surface area (Å²) in [5.41, 5.74) is 2.17. The van der Waals surface area contributed by atoms with Gasteiger partial charge in [-0.2, -0.15) is 0 Å². The molecule has 3 aromatic rings. The van der Waals surface area contributed by atoms with Gasteiger partial charge < -0.3 is 9.72 Å². The van der Waals surface area contributed by atoms with E-state index in [9.17, 15) is 9.18 Å². The number of carbonyl (C=O) groups excluding carboxylic acids is 1. The Morgan fingerprint density at radius 2 is 2.26 bits per heavy atom. The van der Waals surface area contributed by atoms with Crippen LogP contribution in [0.15, 0.2) is 41.3 Å². The van der Waals surface area contributed by atoms with E-state index in [1.54, 1.807) is 18.5 Å². The highest BCUT2D eigenvalue weighted by atomic mass is 79.9. The summed E-state index contributed by atoms with van der Waals surface area (Å²) in [6.07, 6.45) is 3.84. The van der Waals surface area contributed by atoms with Gasteiger partial charge in [0.1, 0.15) is 16.2 Å². The first-order valence-corrected chi connectivity index (χ1v) is 7.99. The lowest BCUT2D eigenvalue weighted by Crippen LogP contribution is -2.28. The molecule has 0 aliphatic carbocycles. The van der Waals surface area contributed by atoms with Gasteiger partial charge in [-0.05, 0) is 52.2 Å². The number of rotatable bonds is 2. The van der Waals surface area contributed by atoms with Crippen molar-refractivity contribution < 1.29 is 13.9 Å². The van der Waals surface area contributed by atoms with Gasteiger partial charge >= 0.3 is 0 Å². The lowest BCUT2D eigenvalue weighted by molar-refractivity contribution is 0.0856. The maximum absolute atomic E-state index is 13.4. The maximum Gasteiger partial charge on any atom is 0.171 e. The Labute approximate surface area is 139 Å². The van der Waals surface area contributed by atoms with Crippen LogP contribution in [0.3, 0.4) is 0 Å². The van der Waals surface area contributed by atoms with Gasteiger partial charge in [-0.3, -0.25) is 4.79 Å². The SMILES string of the molecule is O=C(c1c[nH]c2cc(Br)ncc12)C1COc2ccc(F)cc2C1. The molecule has 0 amide bonds. The number of halogens is 2. The van der Waals surface area contributed by atoms with Crippen LogP contribution in [0.25, 0.3) is 10.9 Å². The Balaban J connectivity index is 1.66. The van der Waals surface area contributed by atoms with E-state index in [2.05, 4.69) is 25.9 Å². The molecule has 1 unspecified atom stereocenters. The number of aromatic amines is 1. The van der Waals surface area contributed by atoms with Gasteiger partial charge in [0.15, 0.2) is 5.78 Å². The highest BCUT2D eigenvalue weighted by Gasteiger charge is 2.28. The number of H-pyrrole nitrogens is 1. The fourth-order valence-electron chi connectivity index (χ4n) is 2.95.